The molecule has 1 aromatic heterocycles. The molecule has 2 amide bonds. The van der Waals surface area contributed by atoms with Gasteiger partial charge in [-0.25, -0.2) is 4.79 Å². The number of aliphatic hydroxyl groups is 1. The normalized spacial score (nSPS) is 14.7. The summed E-state index contributed by atoms with van der Waals surface area (Å²) >= 11 is 6.56. The smallest absolute Gasteiger partial charge is 0.411 e. The summed E-state index contributed by atoms with van der Waals surface area (Å²) in [5.74, 6) is -0.209. The third-order valence-electron chi connectivity index (χ3n) is 9.92. The van der Waals surface area contributed by atoms with Gasteiger partial charge in [-0.05, 0) is 65.4 Å². The van der Waals surface area contributed by atoms with Gasteiger partial charge >= 0.3 is 6.09 Å². The standard InChI is InChI=1S/C42H46ClN5O6/c1-48(2)21-19-31(20-22-48)54-42(53)46-36-23-27(11-14-32(36)28-8-4-3-5-9-28)7-6-10-39(51)45-30-13-12-29(35(43)24-30)25-44-26-38(50)33-15-17-37(49)41-34(33)16-18-40(52)47-41/h3-5,8-9,11-18,23-24,31,38,44,50H,6-7,10,19-22,25-26H2,1-2H3,(H3-,45,46,47,49,51,52,53)/p+1/t38-/m1/s1. The first-order chi connectivity index (χ1) is 25.9. The molecule has 54 heavy (non-hydrogen) atoms. The second kappa shape index (κ2) is 17.3. The van der Waals surface area contributed by atoms with Crippen molar-refractivity contribution in [2.75, 3.05) is 44.4 Å². The number of pyridine rings is 1. The number of aryl methyl sites for hydroxylation is 1. The molecule has 0 spiro atoms. The number of carbonyl (C=O) groups excluding carboxylic acids is 2. The fourth-order valence-corrected chi connectivity index (χ4v) is 7.07. The number of phenolic OH excluding ortho intramolecular Hbond substituents is 1. The Hall–Kier alpha value is -5.20. The van der Waals surface area contributed by atoms with Gasteiger partial charge in [-0.15, -0.1) is 0 Å². The molecule has 11 nitrogen and oxygen atoms in total. The van der Waals surface area contributed by atoms with E-state index in [9.17, 15) is 24.6 Å². The van der Waals surface area contributed by atoms with E-state index in [1.807, 2.05) is 54.6 Å². The Labute approximate surface area is 319 Å². The van der Waals surface area contributed by atoms with Gasteiger partial charge < -0.3 is 35.1 Å². The number of aromatic amines is 1. The van der Waals surface area contributed by atoms with Crippen molar-refractivity contribution in [1.82, 2.24) is 10.3 Å². The summed E-state index contributed by atoms with van der Waals surface area (Å²) in [5.41, 5.74) is 5.41. The number of halogens is 1. The fourth-order valence-electron chi connectivity index (χ4n) is 6.82. The van der Waals surface area contributed by atoms with Gasteiger partial charge in [-0.2, -0.15) is 0 Å². The number of anilines is 2. The van der Waals surface area contributed by atoms with Gasteiger partial charge in [0.1, 0.15) is 11.9 Å². The summed E-state index contributed by atoms with van der Waals surface area (Å²) in [7, 11) is 4.38. The van der Waals surface area contributed by atoms with Crippen LogP contribution in [0.25, 0.3) is 22.0 Å². The maximum Gasteiger partial charge on any atom is 0.411 e. The van der Waals surface area contributed by atoms with E-state index >= 15 is 0 Å². The predicted molar refractivity (Wildman–Crippen MR) is 213 cm³/mol. The van der Waals surface area contributed by atoms with Crippen LogP contribution in [0.4, 0.5) is 16.2 Å². The largest absolute Gasteiger partial charge is 0.506 e. The average molecular weight is 753 g/mol. The molecule has 2 heterocycles. The zero-order chi connectivity index (χ0) is 38.2. The molecule has 4 aromatic carbocycles. The molecule has 0 radical (unpaired) electrons. The quantitative estimate of drug-likeness (QED) is 0.0701. The summed E-state index contributed by atoms with van der Waals surface area (Å²) in [5, 5.41) is 31.1. The second-order valence-corrected chi connectivity index (χ2v) is 14.9. The molecule has 1 aliphatic heterocycles. The number of aromatic nitrogens is 1. The Morgan fingerprint density at radius 3 is 2.50 bits per heavy atom. The second-order valence-electron chi connectivity index (χ2n) is 14.5. The van der Waals surface area contributed by atoms with Crippen LogP contribution >= 0.6 is 11.6 Å². The van der Waals surface area contributed by atoms with Gasteiger partial charge in [0.15, 0.2) is 0 Å². The van der Waals surface area contributed by atoms with Gasteiger partial charge in [0.05, 0.1) is 44.5 Å². The van der Waals surface area contributed by atoms with Crippen molar-refractivity contribution in [3.05, 3.63) is 123 Å². The number of carbonyl (C=O) groups is 2. The third kappa shape index (κ3) is 10.1. The lowest BCUT2D eigenvalue weighted by molar-refractivity contribution is -0.896. The maximum absolute atomic E-state index is 13.0. The van der Waals surface area contributed by atoms with Gasteiger partial charge in [0.25, 0.3) is 0 Å². The minimum atomic E-state index is -0.906. The number of rotatable bonds is 13. The van der Waals surface area contributed by atoms with Crippen LogP contribution in [-0.2, 0) is 22.5 Å². The van der Waals surface area contributed by atoms with E-state index < -0.39 is 12.2 Å². The van der Waals surface area contributed by atoms with Gasteiger partial charge in [-0.3, -0.25) is 14.9 Å². The molecule has 1 atom stereocenters. The van der Waals surface area contributed by atoms with E-state index in [4.69, 9.17) is 16.3 Å². The Kier molecular flexibility index (Phi) is 12.3. The zero-order valence-corrected chi connectivity index (χ0v) is 31.3. The number of amides is 2. The zero-order valence-electron chi connectivity index (χ0n) is 30.5. The highest BCUT2D eigenvalue weighted by Gasteiger charge is 2.28. The molecule has 1 saturated heterocycles. The van der Waals surface area contributed by atoms with Crippen LogP contribution in [0.1, 0.15) is 48.5 Å². The number of benzene rings is 4. The molecule has 282 valence electrons. The Morgan fingerprint density at radius 2 is 1.74 bits per heavy atom. The molecule has 0 aliphatic carbocycles. The number of hydrogen-bond donors (Lipinski definition) is 6. The van der Waals surface area contributed by atoms with Crippen molar-refractivity contribution < 1.29 is 29.0 Å². The molecule has 6 N–H and O–H groups in total. The van der Waals surface area contributed by atoms with E-state index in [0.717, 1.165) is 52.7 Å². The van der Waals surface area contributed by atoms with E-state index in [2.05, 4.69) is 35.0 Å². The van der Waals surface area contributed by atoms with Crippen LogP contribution in [0.5, 0.6) is 5.75 Å². The number of fused-ring (bicyclic) bond motifs is 1. The van der Waals surface area contributed by atoms with Crippen molar-refractivity contribution in [1.29, 1.82) is 0 Å². The summed E-state index contributed by atoms with van der Waals surface area (Å²) in [4.78, 5) is 40.2. The number of ether oxygens (including phenoxy) is 1. The number of piperidine rings is 1. The van der Waals surface area contributed by atoms with Crippen molar-refractivity contribution in [3.8, 4) is 16.9 Å². The first kappa shape index (κ1) is 38.5. The minimum Gasteiger partial charge on any atom is -0.506 e. The highest BCUT2D eigenvalue weighted by molar-refractivity contribution is 6.31. The number of likely N-dealkylation sites (tertiary alicyclic amines) is 1. The molecular weight excluding hydrogens is 706 g/mol. The van der Waals surface area contributed by atoms with Crippen molar-refractivity contribution >= 4 is 45.9 Å². The number of quaternary nitrogens is 1. The molecule has 6 rings (SSSR count). The molecule has 12 heteroatoms. The molecule has 0 unspecified atom stereocenters. The van der Waals surface area contributed by atoms with Crippen LogP contribution in [0.15, 0.2) is 95.8 Å². The summed E-state index contributed by atoms with van der Waals surface area (Å²) < 4.78 is 6.75. The van der Waals surface area contributed by atoms with E-state index in [1.54, 1.807) is 24.3 Å². The molecule has 1 aliphatic rings. The number of nitrogens with one attached hydrogen (secondary N) is 4. The molecule has 1 fully saturated rings. The summed E-state index contributed by atoms with van der Waals surface area (Å²) in [6.07, 6.45) is 1.73. The molecule has 5 aromatic rings. The first-order valence-corrected chi connectivity index (χ1v) is 18.6. The number of aliphatic hydroxyl groups excluding tert-OH is 1. The van der Waals surface area contributed by atoms with E-state index in [0.29, 0.717) is 53.2 Å². The van der Waals surface area contributed by atoms with Crippen molar-refractivity contribution in [2.24, 2.45) is 0 Å². The highest BCUT2D eigenvalue weighted by atomic mass is 35.5. The summed E-state index contributed by atoms with van der Waals surface area (Å²) in [6.45, 7) is 2.49. The topological polar surface area (TPSA) is 153 Å². The SMILES string of the molecule is C[N+]1(C)CCC(OC(=O)Nc2cc(CCCC(=O)Nc3ccc(CNC[C@@H](O)c4ccc(O)c5[nH]c(=O)ccc45)c(Cl)c3)ccc2-c2ccccc2)CC1. The summed E-state index contributed by atoms with van der Waals surface area (Å²) in [6, 6.07) is 27.2. The molecule has 0 bridgehead atoms. The number of nitrogens with zero attached hydrogens (tertiary/aromatic N) is 1. The highest BCUT2D eigenvalue weighted by Crippen LogP contribution is 2.31. The van der Waals surface area contributed by atoms with Crippen LogP contribution in [0, 0.1) is 0 Å². The van der Waals surface area contributed by atoms with E-state index in [-0.39, 0.29) is 35.4 Å². The van der Waals surface area contributed by atoms with Crippen LogP contribution in [-0.4, -0.2) is 71.5 Å². The monoisotopic (exact) mass is 752 g/mol. The number of phenols is 1. The lowest BCUT2D eigenvalue weighted by Gasteiger charge is -2.36. The maximum atomic E-state index is 13.0. The number of H-pyrrole nitrogens is 1. The number of aromatic hydroxyl groups is 1. The van der Waals surface area contributed by atoms with Crippen molar-refractivity contribution in [2.45, 2.75) is 50.9 Å². The average Bonchev–Trinajstić information content (AvgIpc) is 3.14. The third-order valence-corrected chi connectivity index (χ3v) is 10.3. The van der Waals surface area contributed by atoms with Crippen LogP contribution in [0.2, 0.25) is 5.02 Å². The number of hydrogen-bond acceptors (Lipinski definition) is 7. The Bertz CT molecular complexity index is 2160. The van der Waals surface area contributed by atoms with Gasteiger partial charge in [0, 0.05) is 60.1 Å². The molecule has 0 saturated carbocycles. The fraction of sp³-hybridized carbons (Fsp3) is 0.310. The van der Waals surface area contributed by atoms with E-state index in [1.165, 1.54) is 12.1 Å². The Morgan fingerprint density at radius 1 is 0.963 bits per heavy atom. The lowest BCUT2D eigenvalue weighted by Crippen LogP contribution is -2.48. The molecular formula is C42H47ClN5O6+. The van der Waals surface area contributed by atoms with Crippen LogP contribution in [0.3, 0.4) is 0 Å². The minimum absolute atomic E-state index is 0.0697. The first-order valence-electron chi connectivity index (χ1n) is 18.2. The predicted octanol–water partition coefficient (Wildman–Crippen LogP) is 7.13. The van der Waals surface area contributed by atoms with Gasteiger partial charge in [-0.1, -0.05) is 66.2 Å². The lowest BCUT2D eigenvalue weighted by atomic mass is 9.99. The Balaban J connectivity index is 0.995. The van der Waals surface area contributed by atoms with Gasteiger partial charge in [0.2, 0.25) is 11.5 Å². The van der Waals surface area contributed by atoms with Crippen LogP contribution < -0.4 is 21.5 Å². The van der Waals surface area contributed by atoms with Crippen molar-refractivity contribution in [3.63, 3.8) is 0 Å².